The van der Waals surface area contributed by atoms with E-state index >= 15 is 0 Å². The Bertz CT molecular complexity index is 125. The van der Waals surface area contributed by atoms with E-state index in [-0.39, 0.29) is 11.7 Å². The van der Waals surface area contributed by atoms with Gasteiger partial charge < -0.3 is 0 Å². The predicted molar refractivity (Wildman–Crippen MR) is 39.8 cm³/mol. The Morgan fingerprint density at radius 2 is 1.80 bits per heavy atom. The normalized spacial score (nSPS) is 12.2. The van der Waals surface area contributed by atoms with Crippen LogP contribution in [0.5, 0.6) is 0 Å². The topological polar surface area (TPSA) is 95.1 Å². The molecule has 10 heavy (non-hydrogen) atoms. The van der Waals surface area contributed by atoms with E-state index in [1.54, 1.807) is 0 Å². The van der Waals surface area contributed by atoms with Crippen molar-refractivity contribution in [1.29, 1.82) is 0 Å². The maximum Gasteiger partial charge on any atom is 0.182 e. The Balaban J connectivity index is 3.87. The van der Waals surface area contributed by atoms with Gasteiger partial charge in [-0.3, -0.25) is 22.0 Å². The van der Waals surface area contributed by atoms with Gasteiger partial charge in [0.15, 0.2) is 11.6 Å². The van der Waals surface area contributed by atoms with Crippen LogP contribution >= 0.6 is 0 Å². The van der Waals surface area contributed by atoms with Crippen molar-refractivity contribution >= 4 is 5.78 Å². The molecule has 0 aliphatic carbocycles. The highest BCUT2D eigenvalue weighted by atomic mass is 16.1. The number of hydrogen-bond acceptors (Lipinski definition) is 4. The van der Waals surface area contributed by atoms with Crippen molar-refractivity contribution in [2.24, 2.45) is 23.1 Å². The molecule has 0 aromatic carbocycles. The van der Waals surface area contributed by atoms with E-state index in [0.717, 1.165) is 0 Å². The predicted octanol–water partition coefficient (Wildman–Crippen LogP) is -0.868. The zero-order valence-electron chi connectivity index (χ0n) is 6.42. The fourth-order valence-corrected chi connectivity index (χ4v) is 0.548. The number of Topliss-reactive ketones (excluding diaryl/α,β-unsaturated/α-hetero) is 1. The number of rotatable bonds is 3. The van der Waals surface area contributed by atoms with E-state index < -0.39 is 5.79 Å². The minimum absolute atomic E-state index is 0.252. The van der Waals surface area contributed by atoms with Crippen molar-refractivity contribution in [2.45, 2.75) is 26.1 Å². The molecule has 0 saturated carbocycles. The molecule has 0 fully saturated rings. The molecule has 0 spiro atoms. The molecule has 0 bridgehead atoms. The van der Waals surface area contributed by atoms with Crippen molar-refractivity contribution < 1.29 is 4.79 Å². The highest BCUT2D eigenvalue weighted by molar-refractivity contribution is 5.86. The Morgan fingerprint density at radius 3 is 1.90 bits per heavy atom. The molecule has 0 rings (SSSR count). The molecule has 4 nitrogen and oxygen atoms in total. The van der Waals surface area contributed by atoms with Gasteiger partial charge in [0, 0.05) is 6.42 Å². The van der Waals surface area contributed by atoms with Gasteiger partial charge in [0.2, 0.25) is 0 Å². The summed E-state index contributed by atoms with van der Waals surface area (Å²) < 4.78 is 0. The molecule has 4 heteroatoms. The molecule has 0 heterocycles. The van der Waals surface area contributed by atoms with Gasteiger partial charge in [-0.25, -0.2) is 0 Å². The van der Waals surface area contributed by atoms with E-state index in [2.05, 4.69) is 0 Å². The highest BCUT2D eigenvalue weighted by Crippen LogP contribution is 2.02. The van der Waals surface area contributed by atoms with Crippen molar-refractivity contribution in [3.63, 3.8) is 0 Å². The second kappa shape index (κ2) is 3.09. The van der Waals surface area contributed by atoms with Crippen LogP contribution in [-0.2, 0) is 4.79 Å². The third-order valence-electron chi connectivity index (χ3n) is 1.08. The first-order chi connectivity index (χ1) is 4.34. The van der Waals surface area contributed by atoms with Crippen molar-refractivity contribution in [2.75, 3.05) is 0 Å². The van der Waals surface area contributed by atoms with Crippen LogP contribution in [0.3, 0.4) is 0 Å². The minimum Gasteiger partial charge on any atom is -0.295 e. The zero-order valence-corrected chi connectivity index (χ0v) is 6.42. The van der Waals surface area contributed by atoms with E-state index in [1.807, 2.05) is 13.8 Å². The average Bonchev–Trinajstić information content (AvgIpc) is 1.60. The molecule has 0 aliphatic rings. The summed E-state index contributed by atoms with van der Waals surface area (Å²) in [5.74, 6) is -1.70. The van der Waals surface area contributed by atoms with Gasteiger partial charge >= 0.3 is 0 Å². The van der Waals surface area contributed by atoms with Crippen LogP contribution in [0.2, 0.25) is 0 Å². The lowest BCUT2D eigenvalue weighted by molar-refractivity contribution is -0.124. The van der Waals surface area contributed by atoms with Crippen LogP contribution in [0.25, 0.3) is 0 Å². The van der Waals surface area contributed by atoms with Crippen LogP contribution in [0.15, 0.2) is 0 Å². The molecule has 0 aliphatic heterocycles. The van der Waals surface area contributed by atoms with Gasteiger partial charge in [-0.2, -0.15) is 0 Å². The van der Waals surface area contributed by atoms with Gasteiger partial charge in [-0.1, -0.05) is 13.8 Å². The molecule has 0 radical (unpaired) electrons. The van der Waals surface area contributed by atoms with Gasteiger partial charge in [-0.05, 0) is 5.92 Å². The summed E-state index contributed by atoms with van der Waals surface area (Å²) in [4.78, 5) is 10.9. The smallest absolute Gasteiger partial charge is 0.182 e. The van der Waals surface area contributed by atoms with Gasteiger partial charge in [0.1, 0.15) is 0 Å². The summed E-state index contributed by atoms with van der Waals surface area (Å²) in [7, 11) is 0. The lowest BCUT2D eigenvalue weighted by atomic mass is 10.0. The maximum absolute atomic E-state index is 10.9. The third-order valence-corrected chi connectivity index (χ3v) is 1.08. The molecule has 0 saturated heterocycles. The fourth-order valence-electron chi connectivity index (χ4n) is 0.548. The van der Waals surface area contributed by atoms with E-state index in [4.69, 9.17) is 17.2 Å². The Labute approximate surface area is 60.7 Å². The summed E-state index contributed by atoms with van der Waals surface area (Å²) in [5.41, 5.74) is 15.4. The molecule has 60 valence electrons. The highest BCUT2D eigenvalue weighted by Gasteiger charge is 2.23. The molecule has 0 unspecified atom stereocenters. The quantitative estimate of drug-likeness (QED) is 0.450. The van der Waals surface area contributed by atoms with Crippen LogP contribution in [0, 0.1) is 5.92 Å². The van der Waals surface area contributed by atoms with E-state index in [9.17, 15) is 4.79 Å². The SMILES string of the molecule is CC(C)CC(=O)C(N)(N)N. The molecule has 0 amide bonds. The molecule has 0 aromatic rings. The molecular formula is C6H15N3O. The van der Waals surface area contributed by atoms with Crippen molar-refractivity contribution in [3.05, 3.63) is 0 Å². The first-order valence-corrected chi connectivity index (χ1v) is 3.24. The Kier molecular flexibility index (Phi) is 2.96. The van der Waals surface area contributed by atoms with Gasteiger partial charge in [0.05, 0.1) is 0 Å². The average molecular weight is 145 g/mol. The number of ketones is 1. The lowest BCUT2D eigenvalue weighted by Gasteiger charge is -2.17. The summed E-state index contributed by atoms with van der Waals surface area (Å²) in [6.45, 7) is 3.81. The van der Waals surface area contributed by atoms with Gasteiger partial charge in [0.25, 0.3) is 0 Å². The molecular weight excluding hydrogens is 130 g/mol. The Hall–Kier alpha value is -0.450. The second-order valence-corrected chi connectivity index (χ2v) is 2.95. The number of carbonyl (C=O) groups excluding carboxylic acids is 1. The van der Waals surface area contributed by atoms with Gasteiger partial charge in [-0.15, -0.1) is 0 Å². The number of hydrogen-bond donors (Lipinski definition) is 3. The van der Waals surface area contributed by atoms with Crippen LogP contribution in [0.1, 0.15) is 20.3 Å². The molecule has 6 N–H and O–H groups in total. The van der Waals surface area contributed by atoms with E-state index in [1.165, 1.54) is 0 Å². The summed E-state index contributed by atoms with van der Waals surface area (Å²) in [6, 6.07) is 0. The fraction of sp³-hybridized carbons (Fsp3) is 0.833. The standard InChI is InChI=1S/C6H15N3O/c1-4(2)3-5(10)6(7,8)9/h4H,3,7-9H2,1-2H3. The summed E-state index contributed by atoms with van der Waals surface area (Å²) in [6.07, 6.45) is 0.337. The third kappa shape index (κ3) is 3.55. The second-order valence-electron chi connectivity index (χ2n) is 2.95. The first kappa shape index (κ1) is 9.55. The number of carbonyl (C=O) groups is 1. The molecule has 0 atom stereocenters. The molecule has 0 aromatic heterocycles. The van der Waals surface area contributed by atoms with Crippen molar-refractivity contribution in [1.82, 2.24) is 0 Å². The van der Waals surface area contributed by atoms with E-state index in [0.29, 0.717) is 6.42 Å². The van der Waals surface area contributed by atoms with Crippen LogP contribution < -0.4 is 17.2 Å². The maximum atomic E-state index is 10.9. The lowest BCUT2D eigenvalue weighted by Crippen LogP contribution is -2.64. The number of nitrogens with two attached hydrogens (primary N) is 3. The monoisotopic (exact) mass is 145 g/mol. The van der Waals surface area contributed by atoms with Crippen LogP contribution in [0.4, 0.5) is 0 Å². The summed E-state index contributed by atoms with van der Waals surface area (Å²) in [5, 5.41) is 0. The zero-order chi connectivity index (χ0) is 8.36. The first-order valence-electron chi connectivity index (χ1n) is 3.24. The van der Waals surface area contributed by atoms with Crippen LogP contribution in [-0.4, -0.2) is 11.6 Å². The Morgan fingerprint density at radius 1 is 1.40 bits per heavy atom. The largest absolute Gasteiger partial charge is 0.295 e. The summed E-state index contributed by atoms with van der Waals surface area (Å²) >= 11 is 0. The minimum atomic E-state index is -1.65. The van der Waals surface area contributed by atoms with Crippen molar-refractivity contribution in [3.8, 4) is 0 Å².